The lowest BCUT2D eigenvalue weighted by molar-refractivity contribution is -0.141. The Bertz CT molecular complexity index is 966. The summed E-state index contributed by atoms with van der Waals surface area (Å²) in [7, 11) is 0. The van der Waals surface area contributed by atoms with E-state index in [9.17, 15) is 9.59 Å². The molecule has 0 heterocycles. The molecule has 0 aliphatic rings. The van der Waals surface area contributed by atoms with E-state index in [2.05, 4.69) is 29.6 Å². The van der Waals surface area contributed by atoms with Crippen molar-refractivity contribution in [1.82, 2.24) is 10.2 Å². The van der Waals surface area contributed by atoms with Crippen LogP contribution in [0.3, 0.4) is 0 Å². The molecular formula is C29H34N2O2. The molecule has 1 N–H and O–H groups in total. The highest BCUT2D eigenvalue weighted by Gasteiger charge is 2.29. The molecule has 3 aromatic rings. The lowest BCUT2D eigenvalue weighted by Gasteiger charge is -2.31. The first-order valence-electron chi connectivity index (χ1n) is 11.7. The van der Waals surface area contributed by atoms with Crippen molar-refractivity contribution in [3.8, 4) is 0 Å². The molecular weight excluding hydrogens is 408 g/mol. The van der Waals surface area contributed by atoms with Crippen LogP contribution in [0.4, 0.5) is 0 Å². The molecule has 0 bridgehead atoms. The Morgan fingerprint density at radius 2 is 1.27 bits per heavy atom. The van der Waals surface area contributed by atoms with Crippen molar-refractivity contribution in [2.45, 2.75) is 58.2 Å². The topological polar surface area (TPSA) is 49.4 Å². The lowest BCUT2D eigenvalue weighted by atomic mass is 9.88. The minimum absolute atomic E-state index is 0.0386. The van der Waals surface area contributed by atoms with Crippen LogP contribution in [0.15, 0.2) is 91.0 Å². The summed E-state index contributed by atoms with van der Waals surface area (Å²) < 4.78 is 0. The molecule has 0 aliphatic heterocycles. The highest BCUT2D eigenvalue weighted by Crippen LogP contribution is 2.29. The number of hydrogen-bond acceptors (Lipinski definition) is 2. The van der Waals surface area contributed by atoms with E-state index in [0.717, 1.165) is 23.1 Å². The van der Waals surface area contributed by atoms with Gasteiger partial charge in [0.1, 0.15) is 6.04 Å². The van der Waals surface area contributed by atoms with Crippen LogP contribution in [0.1, 0.15) is 56.2 Å². The van der Waals surface area contributed by atoms with Crippen LogP contribution in [-0.4, -0.2) is 28.8 Å². The second kappa shape index (κ2) is 12.0. The predicted molar refractivity (Wildman–Crippen MR) is 134 cm³/mol. The second-order valence-corrected chi connectivity index (χ2v) is 8.58. The third kappa shape index (κ3) is 6.79. The summed E-state index contributed by atoms with van der Waals surface area (Å²) >= 11 is 0. The predicted octanol–water partition coefficient (Wildman–Crippen LogP) is 5.54. The number of benzene rings is 3. The quantitative estimate of drug-likeness (QED) is 0.448. The van der Waals surface area contributed by atoms with Gasteiger partial charge in [-0.3, -0.25) is 9.59 Å². The van der Waals surface area contributed by atoms with Gasteiger partial charge in [-0.2, -0.15) is 0 Å². The summed E-state index contributed by atoms with van der Waals surface area (Å²) in [6.07, 6.45) is 1.14. The number of amides is 2. The number of nitrogens with one attached hydrogen (secondary N) is 1. The van der Waals surface area contributed by atoms with Gasteiger partial charge >= 0.3 is 0 Å². The first-order valence-corrected chi connectivity index (χ1v) is 11.7. The molecule has 0 radical (unpaired) electrons. The first kappa shape index (κ1) is 24.2. The SMILES string of the molecule is CC[C@H](C)NC(=O)[C@H](C)N(Cc1ccccc1)C(=O)CC(c1ccccc1)c1ccccc1. The van der Waals surface area contributed by atoms with E-state index in [4.69, 9.17) is 0 Å². The third-order valence-electron chi connectivity index (χ3n) is 6.15. The number of rotatable bonds is 10. The van der Waals surface area contributed by atoms with Crippen LogP contribution in [0.2, 0.25) is 0 Å². The fraction of sp³-hybridized carbons (Fsp3) is 0.310. The number of carbonyl (C=O) groups is 2. The number of nitrogens with zero attached hydrogens (tertiary/aromatic N) is 1. The van der Waals surface area contributed by atoms with E-state index >= 15 is 0 Å². The molecule has 0 aliphatic carbocycles. The maximum atomic E-state index is 13.8. The zero-order chi connectivity index (χ0) is 23.6. The average molecular weight is 443 g/mol. The monoisotopic (exact) mass is 442 g/mol. The molecule has 4 heteroatoms. The second-order valence-electron chi connectivity index (χ2n) is 8.58. The molecule has 172 valence electrons. The molecule has 3 aromatic carbocycles. The molecule has 0 aromatic heterocycles. The van der Waals surface area contributed by atoms with Crippen molar-refractivity contribution in [3.05, 3.63) is 108 Å². The highest BCUT2D eigenvalue weighted by atomic mass is 16.2. The molecule has 0 fully saturated rings. The van der Waals surface area contributed by atoms with E-state index < -0.39 is 6.04 Å². The van der Waals surface area contributed by atoms with E-state index in [-0.39, 0.29) is 23.8 Å². The number of carbonyl (C=O) groups excluding carboxylic acids is 2. The van der Waals surface area contributed by atoms with Gasteiger partial charge in [-0.1, -0.05) is 97.9 Å². The van der Waals surface area contributed by atoms with Crippen molar-refractivity contribution < 1.29 is 9.59 Å². The normalized spacial score (nSPS) is 12.7. The highest BCUT2D eigenvalue weighted by molar-refractivity contribution is 5.88. The number of hydrogen-bond donors (Lipinski definition) is 1. The van der Waals surface area contributed by atoms with E-state index in [0.29, 0.717) is 13.0 Å². The Kier molecular flexibility index (Phi) is 8.82. The maximum absolute atomic E-state index is 13.8. The lowest BCUT2D eigenvalue weighted by Crippen LogP contribution is -2.49. The van der Waals surface area contributed by atoms with Crippen molar-refractivity contribution in [2.75, 3.05) is 0 Å². The van der Waals surface area contributed by atoms with Crippen LogP contribution < -0.4 is 5.32 Å². The van der Waals surface area contributed by atoms with Gasteiger partial charge in [-0.05, 0) is 37.0 Å². The molecule has 2 atom stereocenters. The van der Waals surface area contributed by atoms with Crippen LogP contribution in [0.25, 0.3) is 0 Å². The van der Waals surface area contributed by atoms with Gasteiger partial charge in [0.15, 0.2) is 0 Å². The van der Waals surface area contributed by atoms with Crippen LogP contribution in [-0.2, 0) is 16.1 Å². The summed E-state index contributed by atoms with van der Waals surface area (Å²) in [6, 6.07) is 29.6. The van der Waals surface area contributed by atoms with Gasteiger partial charge in [0.25, 0.3) is 0 Å². The van der Waals surface area contributed by atoms with Crippen molar-refractivity contribution in [2.24, 2.45) is 0 Å². The fourth-order valence-corrected chi connectivity index (χ4v) is 3.92. The van der Waals surface area contributed by atoms with Crippen molar-refractivity contribution in [3.63, 3.8) is 0 Å². The minimum atomic E-state index is -0.570. The Morgan fingerprint density at radius 3 is 1.76 bits per heavy atom. The molecule has 2 amide bonds. The van der Waals surface area contributed by atoms with Gasteiger partial charge in [0.05, 0.1) is 0 Å². The van der Waals surface area contributed by atoms with E-state index in [1.54, 1.807) is 4.90 Å². The summed E-state index contributed by atoms with van der Waals surface area (Å²) in [5, 5.41) is 3.03. The van der Waals surface area contributed by atoms with Crippen molar-refractivity contribution >= 4 is 11.8 Å². The third-order valence-corrected chi connectivity index (χ3v) is 6.15. The summed E-state index contributed by atoms with van der Waals surface area (Å²) in [6.45, 7) is 6.23. The molecule has 0 saturated heterocycles. The van der Waals surface area contributed by atoms with Gasteiger partial charge in [0.2, 0.25) is 11.8 Å². The summed E-state index contributed by atoms with van der Waals surface area (Å²) in [4.78, 5) is 28.4. The zero-order valence-corrected chi connectivity index (χ0v) is 19.8. The largest absolute Gasteiger partial charge is 0.352 e. The zero-order valence-electron chi connectivity index (χ0n) is 19.8. The minimum Gasteiger partial charge on any atom is -0.352 e. The maximum Gasteiger partial charge on any atom is 0.242 e. The molecule has 0 spiro atoms. The molecule has 3 rings (SSSR count). The molecule has 0 unspecified atom stereocenters. The standard InChI is InChI=1S/C29H34N2O2/c1-4-22(2)30-29(33)23(3)31(21-24-14-8-5-9-15-24)28(32)20-27(25-16-10-6-11-17-25)26-18-12-7-13-19-26/h5-19,22-23,27H,4,20-21H2,1-3H3,(H,30,33)/t22-,23-/m0/s1. The van der Waals surface area contributed by atoms with Gasteiger partial charge in [0, 0.05) is 24.9 Å². The summed E-state index contributed by atoms with van der Waals surface area (Å²) in [5.41, 5.74) is 3.19. The Balaban J connectivity index is 1.89. The van der Waals surface area contributed by atoms with Crippen LogP contribution in [0, 0.1) is 0 Å². The Hall–Kier alpha value is -3.40. The smallest absolute Gasteiger partial charge is 0.242 e. The van der Waals surface area contributed by atoms with E-state index in [1.807, 2.05) is 87.5 Å². The fourth-order valence-electron chi connectivity index (χ4n) is 3.92. The summed E-state index contributed by atoms with van der Waals surface area (Å²) in [5.74, 6) is -0.240. The van der Waals surface area contributed by atoms with Crippen LogP contribution >= 0.6 is 0 Å². The Morgan fingerprint density at radius 1 is 0.788 bits per heavy atom. The van der Waals surface area contributed by atoms with Crippen molar-refractivity contribution in [1.29, 1.82) is 0 Å². The van der Waals surface area contributed by atoms with E-state index in [1.165, 1.54) is 0 Å². The average Bonchev–Trinajstić information content (AvgIpc) is 2.86. The Labute approximate surface area is 197 Å². The molecule has 0 saturated carbocycles. The molecule has 33 heavy (non-hydrogen) atoms. The van der Waals surface area contributed by atoms with Gasteiger partial charge < -0.3 is 10.2 Å². The molecule has 4 nitrogen and oxygen atoms in total. The first-order chi connectivity index (χ1) is 16.0. The van der Waals surface area contributed by atoms with Gasteiger partial charge in [-0.15, -0.1) is 0 Å². The van der Waals surface area contributed by atoms with Gasteiger partial charge in [-0.25, -0.2) is 0 Å². The van der Waals surface area contributed by atoms with Crippen LogP contribution in [0.5, 0.6) is 0 Å².